The van der Waals surface area contributed by atoms with Crippen LogP contribution in [0.2, 0.25) is 0 Å². The Morgan fingerprint density at radius 3 is 2.39 bits per heavy atom. The van der Waals surface area contributed by atoms with E-state index in [1.54, 1.807) is 0 Å². The summed E-state index contributed by atoms with van der Waals surface area (Å²) in [4.78, 5) is 4.85. The van der Waals surface area contributed by atoms with E-state index in [2.05, 4.69) is 35.0 Å². The van der Waals surface area contributed by atoms with Gasteiger partial charge in [0.2, 0.25) is 0 Å². The zero-order valence-corrected chi connectivity index (χ0v) is 21.9. The van der Waals surface area contributed by atoms with Crippen LogP contribution in [0, 0.1) is 11.6 Å². The number of guanidine groups is 1. The van der Waals surface area contributed by atoms with Gasteiger partial charge in [0.05, 0.1) is 12.6 Å². The Bertz CT molecular complexity index is 891. The smallest absolute Gasteiger partial charge is 0.191 e. The fourth-order valence-electron chi connectivity index (χ4n) is 4.08. The van der Waals surface area contributed by atoms with E-state index in [-0.39, 0.29) is 41.6 Å². The van der Waals surface area contributed by atoms with Crippen molar-refractivity contribution in [3.8, 4) is 0 Å². The highest BCUT2D eigenvalue weighted by atomic mass is 127. The van der Waals surface area contributed by atoms with Gasteiger partial charge in [0, 0.05) is 43.0 Å². The number of ether oxygens (including phenoxy) is 1. The Balaban J connectivity index is 0.00000385. The molecule has 3 rings (SSSR count). The number of nitrogens with one attached hydrogen (secondary N) is 3. The SMILES string of the molecule is CCNC(=NCC1(NC(C)c2ccccc2)CCOCC1)NC(C)c1ccc(F)cc1F.I. The molecular formula is C25H35F2IN4O. The molecule has 2 atom stereocenters. The van der Waals surface area contributed by atoms with Gasteiger partial charge in [-0.05, 0) is 45.2 Å². The first-order valence-electron chi connectivity index (χ1n) is 11.3. The van der Waals surface area contributed by atoms with Gasteiger partial charge in [0.25, 0.3) is 0 Å². The Morgan fingerprint density at radius 1 is 1.06 bits per heavy atom. The molecule has 0 radical (unpaired) electrons. The number of hydrogen-bond acceptors (Lipinski definition) is 3. The second-order valence-corrected chi connectivity index (χ2v) is 8.40. The largest absolute Gasteiger partial charge is 0.381 e. The van der Waals surface area contributed by atoms with Crippen LogP contribution < -0.4 is 16.0 Å². The third-order valence-corrected chi connectivity index (χ3v) is 5.94. The van der Waals surface area contributed by atoms with Crippen LogP contribution in [0.3, 0.4) is 0 Å². The minimum Gasteiger partial charge on any atom is -0.381 e. The Morgan fingerprint density at radius 2 is 1.76 bits per heavy atom. The van der Waals surface area contributed by atoms with Gasteiger partial charge in [-0.25, -0.2) is 8.78 Å². The van der Waals surface area contributed by atoms with Crippen LogP contribution >= 0.6 is 24.0 Å². The van der Waals surface area contributed by atoms with Gasteiger partial charge in [-0.3, -0.25) is 4.99 Å². The number of rotatable bonds is 8. The van der Waals surface area contributed by atoms with Crippen LogP contribution in [0.1, 0.15) is 56.8 Å². The number of nitrogens with zero attached hydrogens (tertiary/aromatic N) is 1. The van der Waals surface area contributed by atoms with Gasteiger partial charge >= 0.3 is 0 Å². The van der Waals surface area contributed by atoms with Crippen LogP contribution in [0.15, 0.2) is 53.5 Å². The predicted molar refractivity (Wildman–Crippen MR) is 140 cm³/mol. The molecule has 1 aliphatic heterocycles. The third kappa shape index (κ3) is 7.89. The van der Waals surface area contributed by atoms with Crippen molar-refractivity contribution in [2.45, 2.75) is 51.2 Å². The van der Waals surface area contributed by atoms with Gasteiger partial charge < -0.3 is 20.7 Å². The lowest BCUT2D eigenvalue weighted by Crippen LogP contribution is -2.53. The van der Waals surface area contributed by atoms with Crippen molar-refractivity contribution >= 4 is 29.9 Å². The van der Waals surface area contributed by atoms with Crippen LogP contribution in [0.25, 0.3) is 0 Å². The predicted octanol–water partition coefficient (Wildman–Crippen LogP) is 5.10. The summed E-state index contributed by atoms with van der Waals surface area (Å²) in [5.74, 6) is -0.553. The molecule has 0 bridgehead atoms. The summed E-state index contributed by atoms with van der Waals surface area (Å²) in [6, 6.07) is 13.8. The topological polar surface area (TPSA) is 57.7 Å². The minimum absolute atomic E-state index is 0. The van der Waals surface area contributed by atoms with E-state index in [1.165, 1.54) is 17.7 Å². The van der Waals surface area contributed by atoms with Crippen LogP contribution in [-0.4, -0.2) is 37.8 Å². The van der Waals surface area contributed by atoms with Crippen molar-refractivity contribution < 1.29 is 13.5 Å². The molecule has 0 aromatic heterocycles. The van der Waals surface area contributed by atoms with E-state index in [9.17, 15) is 8.78 Å². The van der Waals surface area contributed by atoms with Crippen molar-refractivity contribution in [2.75, 3.05) is 26.3 Å². The fraction of sp³-hybridized carbons (Fsp3) is 0.480. The van der Waals surface area contributed by atoms with E-state index in [1.807, 2.05) is 32.0 Å². The van der Waals surface area contributed by atoms with Crippen LogP contribution in [-0.2, 0) is 4.74 Å². The first kappa shape index (κ1) is 27.5. The molecule has 1 fully saturated rings. The molecule has 8 heteroatoms. The van der Waals surface area contributed by atoms with Crippen molar-refractivity contribution in [1.29, 1.82) is 0 Å². The molecule has 0 saturated carbocycles. The average Bonchev–Trinajstić information content (AvgIpc) is 2.79. The fourth-order valence-corrected chi connectivity index (χ4v) is 4.08. The zero-order chi connectivity index (χ0) is 23.0. The highest BCUT2D eigenvalue weighted by Gasteiger charge is 2.34. The summed E-state index contributed by atoms with van der Waals surface area (Å²) < 4.78 is 33.1. The van der Waals surface area contributed by atoms with E-state index >= 15 is 0 Å². The highest BCUT2D eigenvalue weighted by molar-refractivity contribution is 14.0. The third-order valence-electron chi connectivity index (χ3n) is 5.94. The second kappa shape index (κ2) is 13.2. The lowest BCUT2D eigenvalue weighted by Gasteiger charge is -2.39. The minimum atomic E-state index is -0.584. The molecule has 0 amide bonds. The maximum Gasteiger partial charge on any atom is 0.191 e. The van der Waals surface area contributed by atoms with Gasteiger partial charge in [0.15, 0.2) is 5.96 Å². The van der Waals surface area contributed by atoms with E-state index in [4.69, 9.17) is 9.73 Å². The summed E-state index contributed by atoms with van der Waals surface area (Å²) >= 11 is 0. The number of halogens is 3. The Labute approximate surface area is 212 Å². The Kier molecular flexibility index (Phi) is 11.0. The standard InChI is InChI=1S/C25H34F2N4O.HI/c1-4-28-24(30-19(3)22-11-10-21(26)16-23(22)27)29-17-25(12-14-32-15-13-25)31-18(2)20-8-6-5-7-9-20;/h5-11,16,18-19,31H,4,12-15,17H2,1-3H3,(H2,28,29,30);1H. The maximum absolute atomic E-state index is 14.2. The molecule has 5 nitrogen and oxygen atoms in total. The first-order valence-corrected chi connectivity index (χ1v) is 11.3. The number of hydrogen-bond donors (Lipinski definition) is 3. The van der Waals surface area contributed by atoms with E-state index in [0.29, 0.717) is 37.8 Å². The average molecular weight is 572 g/mol. The van der Waals surface area contributed by atoms with Crippen molar-refractivity contribution in [1.82, 2.24) is 16.0 Å². The van der Waals surface area contributed by atoms with Crippen molar-refractivity contribution in [3.63, 3.8) is 0 Å². The first-order chi connectivity index (χ1) is 15.4. The summed E-state index contributed by atoms with van der Waals surface area (Å²) in [5.41, 5.74) is 1.43. The van der Waals surface area contributed by atoms with Crippen LogP contribution in [0.5, 0.6) is 0 Å². The normalized spacial score (nSPS) is 17.5. The Hall–Kier alpha value is -1.78. The lowest BCUT2D eigenvalue weighted by molar-refractivity contribution is 0.0374. The maximum atomic E-state index is 14.2. The highest BCUT2D eigenvalue weighted by Crippen LogP contribution is 2.26. The molecule has 2 aromatic rings. The molecule has 2 aromatic carbocycles. The van der Waals surface area contributed by atoms with Gasteiger partial charge in [-0.1, -0.05) is 36.4 Å². The van der Waals surface area contributed by atoms with Gasteiger partial charge in [-0.2, -0.15) is 0 Å². The zero-order valence-electron chi connectivity index (χ0n) is 19.5. The molecule has 1 heterocycles. The van der Waals surface area contributed by atoms with Crippen molar-refractivity contribution in [3.05, 3.63) is 71.3 Å². The summed E-state index contributed by atoms with van der Waals surface area (Å²) in [7, 11) is 0. The van der Waals surface area contributed by atoms with Gasteiger partial charge in [-0.15, -0.1) is 24.0 Å². The quantitative estimate of drug-likeness (QED) is 0.234. The monoisotopic (exact) mass is 572 g/mol. The molecule has 182 valence electrons. The molecule has 1 saturated heterocycles. The summed E-state index contributed by atoms with van der Waals surface area (Å²) in [6.45, 7) is 8.59. The van der Waals surface area contributed by atoms with Crippen molar-refractivity contribution in [2.24, 2.45) is 4.99 Å². The molecule has 1 aliphatic rings. The number of aliphatic imine (C=N–C) groups is 1. The number of benzene rings is 2. The van der Waals surface area contributed by atoms with E-state index < -0.39 is 11.6 Å². The molecule has 2 unspecified atom stereocenters. The van der Waals surface area contributed by atoms with Crippen LogP contribution in [0.4, 0.5) is 8.78 Å². The van der Waals surface area contributed by atoms with Gasteiger partial charge in [0.1, 0.15) is 11.6 Å². The molecule has 3 N–H and O–H groups in total. The molecule has 33 heavy (non-hydrogen) atoms. The van der Waals surface area contributed by atoms with E-state index in [0.717, 1.165) is 18.9 Å². The second-order valence-electron chi connectivity index (χ2n) is 8.40. The molecule has 0 aliphatic carbocycles. The summed E-state index contributed by atoms with van der Waals surface area (Å²) in [6.07, 6.45) is 1.71. The molecular weight excluding hydrogens is 537 g/mol. The lowest BCUT2D eigenvalue weighted by atomic mass is 9.88. The molecule has 0 spiro atoms. The summed E-state index contributed by atoms with van der Waals surface area (Å²) in [5, 5.41) is 10.3.